The number of hydrogen-bond donors (Lipinski definition) is 0. The maximum Gasteiger partial charge on any atom is 0.123 e. The van der Waals surface area contributed by atoms with Gasteiger partial charge >= 0.3 is 0 Å². The van der Waals surface area contributed by atoms with Gasteiger partial charge in [0, 0.05) is 6.42 Å². The predicted octanol–water partition coefficient (Wildman–Crippen LogP) is 5.50. The van der Waals surface area contributed by atoms with E-state index in [1.165, 1.54) is 27.8 Å². The molecule has 0 aromatic heterocycles. The van der Waals surface area contributed by atoms with E-state index in [9.17, 15) is 0 Å². The fourth-order valence-electron chi connectivity index (χ4n) is 3.18. The van der Waals surface area contributed by atoms with E-state index in [0.717, 1.165) is 12.2 Å². The Morgan fingerprint density at radius 3 is 2.43 bits per heavy atom. The second-order valence-corrected chi connectivity index (χ2v) is 7.49. The molecule has 3 rings (SSSR count). The van der Waals surface area contributed by atoms with Gasteiger partial charge in [-0.05, 0) is 61.6 Å². The average Bonchev–Trinajstić information content (AvgIpc) is 2.70. The van der Waals surface area contributed by atoms with Crippen molar-refractivity contribution in [3.63, 3.8) is 0 Å². The molecule has 1 atom stereocenters. The van der Waals surface area contributed by atoms with Crippen LogP contribution in [0, 0.1) is 13.8 Å². The molecule has 1 aliphatic heterocycles. The first-order valence-electron chi connectivity index (χ1n) is 7.39. The Morgan fingerprint density at radius 1 is 1.10 bits per heavy atom. The summed E-state index contributed by atoms with van der Waals surface area (Å²) in [6.07, 6.45) is 0.975. The smallest absolute Gasteiger partial charge is 0.123 e. The van der Waals surface area contributed by atoms with Crippen molar-refractivity contribution >= 4 is 15.9 Å². The molecule has 0 radical (unpaired) electrons. The van der Waals surface area contributed by atoms with Gasteiger partial charge in [0.15, 0.2) is 0 Å². The lowest BCUT2D eigenvalue weighted by molar-refractivity contribution is 0.138. The minimum Gasteiger partial charge on any atom is -0.487 e. The highest BCUT2D eigenvalue weighted by Gasteiger charge is 2.30. The van der Waals surface area contributed by atoms with Gasteiger partial charge in [-0.2, -0.15) is 0 Å². The molecule has 110 valence electrons. The summed E-state index contributed by atoms with van der Waals surface area (Å²) in [7, 11) is 0. The van der Waals surface area contributed by atoms with Gasteiger partial charge in [-0.1, -0.05) is 46.3 Å². The van der Waals surface area contributed by atoms with Crippen molar-refractivity contribution in [3.05, 3.63) is 64.2 Å². The third kappa shape index (κ3) is 2.74. The van der Waals surface area contributed by atoms with Crippen LogP contribution < -0.4 is 4.74 Å². The van der Waals surface area contributed by atoms with E-state index in [0.29, 0.717) is 0 Å². The molecule has 2 aromatic carbocycles. The zero-order valence-corrected chi connectivity index (χ0v) is 14.6. The quantitative estimate of drug-likeness (QED) is 0.653. The molecule has 2 heteroatoms. The van der Waals surface area contributed by atoms with Crippen molar-refractivity contribution in [3.8, 4) is 5.75 Å². The summed E-state index contributed by atoms with van der Waals surface area (Å²) in [6.45, 7) is 8.64. The average molecular weight is 345 g/mol. The Kier molecular flexibility index (Phi) is 3.61. The lowest BCUT2D eigenvalue weighted by Gasteiger charge is -2.17. The van der Waals surface area contributed by atoms with E-state index in [1.54, 1.807) is 0 Å². The van der Waals surface area contributed by atoms with E-state index in [-0.39, 0.29) is 10.4 Å². The number of rotatable bonds is 2. The third-order valence-electron chi connectivity index (χ3n) is 4.18. The largest absolute Gasteiger partial charge is 0.487 e. The number of benzene rings is 2. The van der Waals surface area contributed by atoms with Crippen molar-refractivity contribution in [2.75, 3.05) is 0 Å². The second-order valence-electron chi connectivity index (χ2n) is 6.57. The summed E-state index contributed by atoms with van der Waals surface area (Å²) >= 11 is 3.89. The fraction of sp³-hybridized carbons (Fsp3) is 0.368. The topological polar surface area (TPSA) is 9.23 Å². The molecule has 0 amide bonds. The van der Waals surface area contributed by atoms with E-state index < -0.39 is 0 Å². The van der Waals surface area contributed by atoms with Crippen molar-refractivity contribution in [1.82, 2.24) is 0 Å². The van der Waals surface area contributed by atoms with Crippen LogP contribution in [0.1, 0.15) is 46.5 Å². The van der Waals surface area contributed by atoms with Gasteiger partial charge in [0.05, 0.1) is 4.83 Å². The number of halogens is 1. The third-order valence-corrected chi connectivity index (χ3v) is 5.16. The molecule has 2 aromatic rings. The summed E-state index contributed by atoms with van der Waals surface area (Å²) in [5.41, 5.74) is 6.56. The van der Waals surface area contributed by atoms with Crippen molar-refractivity contribution in [2.45, 2.75) is 44.5 Å². The predicted molar refractivity (Wildman–Crippen MR) is 91.5 cm³/mol. The Balaban J connectivity index is 1.99. The molecule has 0 fully saturated rings. The van der Waals surface area contributed by atoms with Gasteiger partial charge in [-0.15, -0.1) is 0 Å². The van der Waals surface area contributed by atoms with E-state index in [4.69, 9.17) is 4.74 Å². The molecule has 21 heavy (non-hydrogen) atoms. The first kappa shape index (κ1) is 14.6. The Morgan fingerprint density at radius 2 is 1.76 bits per heavy atom. The van der Waals surface area contributed by atoms with E-state index in [2.05, 4.69) is 80.0 Å². The number of aryl methyl sites for hydroxylation is 2. The minimum atomic E-state index is -0.0820. The summed E-state index contributed by atoms with van der Waals surface area (Å²) < 4.78 is 5.97. The van der Waals surface area contributed by atoms with Crippen LogP contribution in [0.15, 0.2) is 36.4 Å². The molecule has 1 nitrogen and oxygen atoms in total. The SMILES string of the molecule is Cc1cccc(C)c1C(Br)c1ccc2c(c1)CC(C)(C)O2. The van der Waals surface area contributed by atoms with Crippen LogP contribution >= 0.6 is 15.9 Å². The van der Waals surface area contributed by atoms with Crippen molar-refractivity contribution in [1.29, 1.82) is 0 Å². The van der Waals surface area contributed by atoms with Crippen LogP contribution in [0.2, 0.25) is 0 Å². The van der Waals surface area contributed by atoms with E-state index in [1.807, 2.05) is 0 Å². The summed E-state index contributed by atoms with van der Waals surface area (Å²) in [4.78, 5) is 0.229. The molecular weight excluding hydrogens is 324 g/mol. The number of ether oxygens (including phenoxy) is 1. The van der Waals surface area contributed by atoms with E-state index >= 15 is 0 Å². The number of fused-ring (bicyclic) bond motifs is 1. The molecule has 0 saturated heterocycles. The van der Waals surface area contributed by atoms with Gasteiger partial charge in [0.25, 0.3) is 0 Å². The maximum absolute atomic E-state index is 5.97. The highest BCUT2D eigenvalue weighted by atomic mass is 79.9. The van der Waals surface area contributed by atoms with Gasteiger partial charge in [0.2, 0.25) is 0 Å². The lowest BCUT2D eigenvalue weighted by atomic mass is 9.94. The van der Waals surface area contributed by atoms with Crippen LogP contribution in [0.4, 0.5) is 0 Å². The Hall–Kier alpha value is -1.28. The number of alkyl halides is 1. The zero-order valence-electron chi connectivity index (χ0n) is 13.0. The lowest BCUT2D eigenvalue weighted by Crippen LogP contribution is -2.24. The van der Waals surface area contributed by atoms with Gasteiger partial charge < -0.3 is 4.74 Å². The highest BCUT2D eigenvalue weighted by Crippen LogP contribution is 2.40. The van der Waals surface area contributed by atoms with Gasteiger partial charge in [-0.25, -0.2) is 0 Å². The molecule has 0 aliphatic carbocycles. The second kappa shape index (κ2) is 5.17. The van der Waals surface area contributed by atoms with Gasteiger partial charge in [-0.3, -0.25) is 0 Å². The van der Waals surface area contributed by atoms with Crippen molar-refractivity contribution in [2.24, 2.45) is 0 Å². The molecule has 0 spiro atoms. The molecular formula is C19H21BrO. The molecule has 1 aliphatic rings. The first-order valence-corrected chi connectivity index (χ1v) is 8.31. The zero-order chi connectivity index (χ0) is 15.2. The molecule has 0 saturated carbocycles. The monoisotopic (exact) mass is 344 g/mol. The Labute approximate surface area is 135 Å². The van der Waals surface area contributed by atoms with Crippen LogP contribution in [-0.4, -0.2) is 5.60 Å². The normalized spacial score (nSPS) is 17.2. The Bertz CT molecular complexity index is 668. The summed E-state index contributed by atoms with van der Waals surface area (Å²) in [5.74, 6) is 1.03. The first-order chi connectivity index (χ1) is 9.87. The van der Waals surface area contributed by atoms with Crippen LogP contribution in [-0.2, 0) is 6.42 Å². The fourth-order valence-corrected chi connectivity index (χ4v) is 4.19. The highest BCUT2D eigenvalue weighted by molar-refractivity contribution is 9.09. The van der Waals surface area contributed by atoms with Gasteiger partial charge in [0.1, 0.15) is 11.4 Å². The molecule has 0 bridgehead atoms. The molecule has 1 heterocycles. The minimum absolute atomic E-state index is 0.0820. The molecule has 1 unspecified atom stereocenters. The summed E-state index contributed by atoms with van der Waals surface area (Å²) in [5, 5.41) is 0. The van der Waals surface area contributed by atoms with Crippen molar-refractivity contribution < 1.29 is 4.74 Å². The molecule has 0 N–H and O–H groups in total. The van der Waals surface area contributed by atoms with Crippen LogP contribution in [0.25, 0.3) is 0 Å². The van der Waals surface area contributed by atoms with Crippen LogP contribution in [0.3, 0.4) is 0 Å². The standard InChI is InChI=1S/C19H21BrO/c1-12-6-5-7-13(2)17(12)18(20)14-8-9-16-15(10-14)11-19(3,4)21-16/h5-10,18H,11H2,1-4H3. The maximum atomic E-state index is 5.97. The number of hydrogen-bond acceptors (Lipinski definition) is 1. The summed E-state index contributed by atoms with van der Waals surface area (Å²) in [6, 6.07) is 13.0. The van der Waals surface area contributed by atoms with Crippen LogP contribution in [0.5, 0.6) is 5.75 Å².